The second-order valence-electron chi connectivity index (χ2n) is 11.6. The number of carbonyl (C=O) groups is 1. The Morgan fingerprint density at radius 3 is 2.85 bits per heavy atom. The number of nitrogens with zero attached hydrogens (tertiary/aromatic N) is 2. The molecule has 1 saturated carbocycles. The molecule has 7 nitrogen and oxygen atoms in total. The molecule has 3 aromatic rings. The summed E-state index contributed by atoms with van der Waals surface area (Å²) in [5.74, 6) is 0.539. The summed E-state index contributed by atoms with van der Waals surface area (Å²) in [5.41, 5.74) is 2.59. The Labute approximate surface area is 228 Å². The molecule has 202 valence electrons. The summed E-state index contributed by atoms with van der Waals surface area (Å²) < 4.78 is 11.6. The molecule has 0 unspecified atom stereocenters. The molecule has 0 radical (unpaired) electrons. The highest BCUT2D eigenvalue weighted by Crippen LogP contribution is 2.65. The van der Waals surface area contributed by atoms with Crippen molar-refractivity contribution in [1.82, 2.24) is 9.80 Å². The zero-order valence-corrected chi connectivity index (χ0v) is 22.1. The number of hydrogen-bond donors (Lipinski definition) is 2. The van der Waals surface area contributed by atoms with Crippen molar-refractivity contribution in [2.24, 2.45) is 0 Å². The van der Waals surface area contributed by atoms with E-state index in [0.717, 1.165) is 42.6 Å². The van der Waals surface area contributed by atoms with Crippen molar-refractivity contribution in [3.63, 3.8) is 0 Å². The van der Waals surface area contributed by atoms with Gasteiger partial charge in [0.1, 0.15) is 6.10 Å². The van der Waals surface area contributed by atoms with E-state index in [9.17, 15) is 15.0 Å². The number of likely N-dealkylation sites (tertiary alicyclic amines) is 1. The summed E-state index contributed by atoms with van der Waals surface area (Å²) in [6.07, 6.45) is 9.60. The largest absolute Gasteiger partial charge is 0.504 e. The number of furan rings is 1. The molecule has 1 saturated heterocycles. The fraction of sp³-hybridized carbons (Fsp3) is 0.406. The highest BCUT2D eigenvalue weighted by molar-refractivity contribution is 5.91. The van der Waals surface area contributed by atoms with Crippen LogP contribution in [0.1, 0.15) is 41.5 Å². The van der Waals surface area contributed by atoms with Crippen molar-refractivity contribution < 1.29 is 24.2 Å². The van der Waals surface area contributed by atoms with Gasteiger partial charge in [-0.25, -0.2) is 0 Å². The second-order valence-corrected chi connectivity index (χ2v) is 11.6. The van der Waals surface area contributed by atoms with Gasteiger partial charge in [0, 0.05) is 49.3 Å². The molecule has 7 rings (SSSR count). The minimum atomic E-state index is -1.09. The summed E-state index contributed by atoms with van der Waals surface area (Å²) in [4.78, 5) is 17.4. The van der Waals surface area contributed by atoms with E-state index in [4.69, 9.17) is 9.15 Å². The average molecular weight is 527 g/mol. The summed E-state index contributed by atoms with van der Waals surface area (Å²) in [5, 5.41) is 23.7. The number of benzene rings is 2. The zero-order valence-electron chi connectivity index (χ0n) is 22.1. The van der Waals surface area contributed by atoms with Gasteiger partial charge in [-0.1, -0.05) is 36.4 Å². The molecule has 3 heterocycles. The zero-order chi connectivity index (χ0) is 26.8. The number of carbonyl (C=O) groups excluding carboxylic acids is 1. The van der Waals surface area contributed by atoms with E-state index in [1.54, 1.807) is 41.7 Å². The van der Waals surface area contributed by atoms with Gasteiger partial charge < -0.3 is 24.3 Å². The topological polar surface area (TPSA) is 86.4 Å². The Bertz CT molecular complexity index is 1420. The van der Waals surface area contributed by atoms with Gasteiger partial charge in [-0.05, 0) is 61.6 Å². The van der Waals surface area contributed by atoms with E-state index >= 15 is 0 Å². The van der Waals surface area contributed by atoms with Gasteiger partial charge in [-0.3, -0.25) is 9.69 Å². The third-order valence-electron chi connectivity index (χ3n) is 9.87. The van der Waals surface area contributed by atoms with Gasteiger partial charge >= 0.3 is 0 Å². The van der Waals surface area contributed by atoms with E-state index in [1.807, 2.05) is 19.2 Å². The highest BCUT2D eigenvalue weighted by Gasteiger charge is 2.72. The maximum atomic E-state index is 13.2. The standard InChI is InChI=1S/C32H34N2O5/c1-33(28(36)10-7-22-12-16-38-20-22)24-18-27-31-13-15-34(14-11-21-5-3-2-4-6-21)26(32(31,37)19-24)17-23-8-9-25(35)30(39-27)29(23)31/h2-10,12,16,20,24,26-27,35,37H,11,13-15,17-19H2,1H3/b10-7+/t24-,26+,27-,31+,32+/m0/s1. The molecule has 4 aliphatic rings. The molecule has 2 aliphatic heterocycles. The molecular formula is C32H34N2O5. The average Bonchev–Trinajstić information content (AvgIpc) is 3.58. The Morgan fingerprint density at radius 1 is 1.21 bits per heavy atom. The van der Waals surface area contributed by atoms with Crippen LogP contribution in [0.4, 0.5) is 0 Å². The molecule has 2 aromatic carbocycles. The van der Waals surface area contributed by atoms with Crippen LogP contribution in [0, 0.1) is 0 Å². The number of phenols is 1. The van der Waals surface area contributed by atoms with E-state index in [-0.39, 0.29) is 29.8 Å². The van der Waals surface area contributed by atoms with Crippen molar-refractivity contribution in [3.05, 3.63) is 89.4 Å². The van der Waals surface area contributed by atoms with Gasteiger partial charge in [0.2, 0.25) is 5.91 Å². The van der Waals surface area contributed by atoms with Crippen LogP contribution in [-0.4, -0.2) is 69.8 Å². The van der Waals surface area contributed by atoms with Gasteiger partial charge in [0.25, 0.3) is 0 Å². The monoisotopic (exact) mass is 526 g/mol. The van der Waals surface area contributed by atoms with E-state index < -0.39 is 11.0 Å². The minimum Gasteiger partial charge on any atom is -0.504 e. The van der Waals surface area contributed by atoms with E-state index in [0.29, 0.717) is 25.0 Å². The van der Waals surface area contributed by atoms with Crippen molar-refractivity contribution in [1.29, 1.82) is 0 Å². The smallest absolute Gasteiger partial charge is 0.246 e. The lowest BCUT2D eigenvalue weighted by Gasteiger charge is -2.64. The molecule has 1 spiro atoms. The lowest BCUT2D eigenvalue weighted by atomic mass is 9.48. The second kappa shape index (κ2) is 9.00. The Morgan fingerprint density at radius 2 is 2.05 bits per heavy atom. The molecule has 39 heavy (non-hydrogen) atoms. The first-order valence-electron chi connectivity index (χ1n) is 13.9. The maximum Gasteiger partial charge on any atom is 0.246 e. The van der Waals surface area contributed by atoms with Gasteiger partial charge in [-0.2, -0.15) is 0 Å². The van der Waals surface area contributed by atoms with Gasteiger partial charge in [-0.15, -0.1) is 0 Å². The summed E-state index contributed by atoms with van der Waals surface area (Å²) >= 11 is 0. The van der Waals surface area contributed by atoms with Crippen LogP contribution in [0.25, 0.3) is 6.08 Å². The van der Waals surface area contributed by atoms with E-state index in [2.05, 4.69) is 29.2 Å². The molecule has 1 amide bonds. The van der Waals surface area contributed by atoms with Crippen molar-refractivity contribution >= 4 is 12.0 Å². The first-order valence-corrected chi connectivity index (χ1v) is 13.9. The number of ether oxygens (including phenoxy) is 1. The number of likely N-dealkylation sites (N-methyl/N-ethyl adjacent to an activating group) is 1. The third-order valence-corrected chi connectivity index (χ3v) is 9.87. The first kappa shape index (κ1) is 24.5. The molecule has 1 aromatic heterocycles. The molecular weight excluding hydrogens is 492 g/mol. The predicted octanol–water partition coefficient (Wildman–Crippen LogP) is 3.92. The number of aliphatic hydroxyl groups is 1. The molecule has 7 heteroatoms. The lowest BCUT2D eigenvalue weighted by molar-refractivity contribution is -0.197. The molecule has 2 bridgehead atoms. The number of piperidine rings is 1. The maximum absolute atomic E-state index is 13.2. The van der Waals surface area contributed by atoms with Crippen molar-refractivity contribution in [3.8, 4) is 11.5 Å². The van der Waals surface area contributed by atoms with Gasteiger partial charge in [0.15, 0.2) is 11.5 Å². The number of hydrogen-bond acceptors (Lipinski definition) is 6. The fourth-order valence-electron chi connectivity index (χ4n) is 7.95. The molecule has 5 atom stereocenters. The fourth-order valence-corrected chi connectivity index (χ4v) is 7.95. The lowest BCUT2D eigenvalue weighted by Crippen LogP contribution is -2.77. The van der Waals surface area contributed by atoms with Gasteiger partial charge in [0.05, 0.1) is 23.5 Å². The summed E-state index contributed by atoms with van der Waals surface area (Å²) in [6.45, 7) is 1.72. The third kappa shape index (κ3) is 3.60. The molecule has 2 aliphatic carbocycles. The van der Waals surface area contributed by atoms with Crippen molar-refractivity contribution in [2.75, 3.05) is 20.1 Å². The molecule has 2 N–H and O–H groups in total. The SMILES string of the molecule is CN(C(=O)/C=C/c1ccoc1)[C@H]1C[C@@H]2Oc3c(O)ccc4c3[C@@]23CCN(CCc2ccccc2)[C@H](C4)[C@]3(O)C1. The first-order chi connectivity index (χ1) is 18.9. The Balaban J connectivity index is 1.23. The normalized spacial score (nSPS) is 30.7. The van der Waals surface area contributed by atoms with E-state index in [1.165, 1.54) is 5.56 Å². The van der Waals surface area contributed by atoms with Crippen LogP contribution >= 0.6 is 0 Å². The molecule has 2 fully saturated rings. The number of aromatic hydroxyl groups is 1. The Hall–Kier alpha value is -3.55. The van der Waals surface area contributed by atoms with Crippen LogP contribution < -0.4 is 4.74 Å². The number of amides is 1. The Kier molecular flexibility index (Phi) is 5.65. The van der Waals surface area contributed by atoms with Crippen LogP contribution in [0.15, 0.2) is 71.6 Å². The minimum absolute atomic E-state index is 0.100. The van der Waals surface area contributed by atoms with Crippen LogP contribution in [-0.2, 0) is 23.1 Å². The summed E-state index contributed by atoms with van der Waals surface area (Å²) in [7, 11) is 1.81. The van der Waals surface area contributed by atoms with Crippen molar-refractivity contribution in [2.45, 2.75) is 61.3 Å². The summed E-state index contributed by atoms with van der Waals surface area (Å²) in [6, 6.07) is 15.7. The highest BCUT2D eigenvalue weighted by atomic mass is 16.5. The number of phenolic OH excluding ortho intramolecular Hbond substituents is 1. The van der Waals surface area contributed by atoms with Crippen LogP contribution in [0.5, 0.6) is 11.5 Å². The quantitative estimate of drug-likeness (QED) is 0.474. The predicted molar refractivity (Wildman–Crippen MR) is 147 cm³/mol. The van der Waals surface area contributed by atoms with Crippen LogP contribution in [0.2, 0.25) is 0 Å². The number of rotatable bonds is 6. The van der Waals surface area contributed by atoms with Crippen LogP contribution in [0.3, 0.4) is 0 Å².